The van der Waals surface area contributed by atoms with Crippen molar-refractivity contribution in [2.45, 2.75) is 115 Å². The molecule has 2 saturated heterocycles. The largest absolute Gasteiger partial charge is 0.492 e. The summed E-state index contributed by atoms with van der Waals surface area (Å²) >= 11 is 0. The molecule has 17 heteroatoms. The van der Waals surface area contributed by atoms with E-state index in [1.165, 1.54) is 0 Å². The molecule has 7 aliphatic rings. The van der Waals surface area contributed by atoms with E-state index in [-0.39, 0.29) is 59.5 Å². The van der Waals surface area contributed by atoms with Crippen LogP contribution in [0.15, 0.2) is 36.7 Å². The van der Waals surface area contributed by atoms with Crippen LogP contribution >= 0.6 is 0 Å². The summed E-state index contributed by atoms with van der Waals surface area (Å²) in [5.74, 6) is 0.529. The second-order valence-corrected chi connectivity index (χ2v) is 19.2. The molecule has 0 bridgehead atoms. The fourth-order valence-electron chi connectivity index (χ4n) is 12.0. The van der Waals surface area contributed by atoms with Crippen LogP contribution in [0, 0.1) is 5.92 Å². The van der Waals surface area contributed by atoms with Crippen molar-refractivity contribution in [1.29, 1.82) is 0 Å². The van der Waals surface area contributed by atoms with Gasteiger partial charge in [-0.1, -0.05) is 6.07 Å². The number of anilines is 2. The van der Waals surface area contributed by atoms with E-state index in [0.29, 0.717) is 68.9 Å². The highest BCUT2D eigenvalue weighted by Gasteiger charge is 2.49. The molecule has 0 radical (unpaired) electrons. The molecule has 3 fully saturated rings. The maximum Gasteiger partial charge on any atom is 0.264 e. The molecule has 11 rings (SSSR count). The minimum Gasteiger partial charge on any atom is -0.492 e. The number of amides is 5. The second-order valence-electron chi connectivity index (χ2n) is 19.2. The number of hydrogen-bond donors (Lipinski definition) is 1. The molecule has 2 aromatic heterocycles. The Bertz CT molecular complexity index is 2660. The summed E-state index contributed by atoms with van der Waals surface area (Å²) in [4.78, 5) is 72.3. The van der Waals surface area contributed by atoms with E-state index in [1.54, 1.807) is 42.0 Å². The van der Waals surface area contributed by atoms with Gasteiger partial charge in [0.15, 0.2) is 5.82 Å². The Kier molecular flexibility index (Phi) is 10.1. The van der Waals surface area contributed by atoms with Crippen LogP contribution in [0.2, 0.25) is 0 Å². The molecular weight excluding hydrogens is 837 g/mol. The van der Waals surface area contributed by atoms with Crippen molar-refractivity contribution < 1.29 is 37.5 Å². The van der Waals surface area contributed by atoms with Crippen molar-refractivity contribution >= 4 is 41.0 Å². The van der Waals surface area contributed by atoms with Gasteiger partial charge in [0.05, 0.1) is 31.9 Å². The average Bonchev–Trinajstić information content (AvgIpc) is 4.09. The number of nitrogens with one attached hydrogen (secondary N) is 1. The van der Waals surface area contributed by atoms with Crippen LogP contribution in [0.1, 0.15) is 121 Å². The number of benzene rings is 2. The third-order valence-corrected chi connectivity index (χ3v) is 15.5. The normalized spacial score (nSPS) is 23.6. The first-order valence-electron chi connectivity index (χ1n) is 23.2. The number of aryl methyl sites for hydroxylation is 2. The topological polar surface area (TPSA) is 155 Å². The van der Waals surface area contributed by atoms with Gasteiger partial charge in [0.25, 0.3) is 12.3 Å². The average molecular weight is 890 g/mol. The molecular formula is C48H53F2N9O6. The van der Waals surface area contributed by atoms with E-state index < -0.39 is 18.4 Å². The number of alkyl halides is 2. The molecule has 1 spiro atoms. The Labute approximate surface area is 375 Å². The first-order valence-corrected chi connectivity index (χ1v) is 23.2. The SMILES string of the molecule is CC(=O)N1CCc2c(c(N3CCCc4cc(-c5cnn(C)c5)c(C(F)F)cc43)nn2C2CCC(C(=O)N3CCC4(CC3)COc3c4ccc4c3CN(C3CCC(=O)NC3=O)C4=O)CC2)C1. The van der Waals surface area contributed by atoms with Gasteiger partial charge in [0, 0.05) is 115 Å². The lowest BCUT2D eigenvalue weighted by atomic mass is 9.73. The Balaban J connectivity index is 0.783. The molecule has 1 aliphatic carbocycles. The van der Waals surface area contributed by atoms with Crippen LogP contribution in [0.5, 0.6) is 5.75 Å². The minimum atomic E-state index is -2.69. The summed E-state index contributed by atoms with van der Waals surface area (Å²) in [5.41, 5.74) is 6.98. The number of likely N-dealkylation sites (tertiary alicyclic amines) is 1. The van der Waals surface area contributed by atoms with E-state index in [0.717, 1.165) is 96.6 Å². The summed E-state index contributed by atoms with van der Waals surface area (Å²) in [6.45, 7) is 5.13. The zero-order valence-electron chi connectivity index (χ0n) is 36.8. The molecule has 4 aromatic rings. The molecule has 1 atom stereocenters. The third kappa shape index (κ3) is 6.89. The number of rotatable bonds is 6. The number of carbonyl (C=O) groups excluding carboxylic acids is 5. The lowest BCUT2D eigenvalue weighted by Gasteiger charge is -2.40. The quantitative estimate of drug-likeness (QED) is 0.242. The fourth-order valence-corrected chi connectivity index (χ4v) is 12.0. The fraction of sp³-hybridized carbons (Fsp3) is 0.521. The van der Waals surface area contributed by atoms with E-state index in [4.69, 9.17) is 9.84 Å². The van der Waals surface area contributed by atoms with Gasteiger partial charge in [0.1, 0.15) is 11.8 Å². The number of nitrogens with zero attached hydrogens (tertiary/aromatic N) is 8. The third-order valence-electron chi connectivity index (χ3n) is 15.5. The van der Waals surface area contributed by atoms with Crippen molar-refractivity contribution in [3.05, 3.63) is 75.7 Å². The number of piperidine rings is 2. The molecule has 6 aliphatic heterocycles. The van der Waals surface area contributed by atoms with E-state index in [1.807, 2.05) is 28.0 Å². The highest BCUT2D eigenvalue weighted by Crippen LogP contribution is 2.50. The molecule has 5 amide bonds. The number of carbonyl (C=O) groups is 5. The molecule has 1 N–H and O–H groups in total. The van der Waals surface area contributed by atoms with Gasteiger partial charge >= 0.3 is 0 Å². The van der Waals surface area contributed by atoms with Crippen molar-refractivity contribution in [2.24, 2.45) is 13.0 Å². The van der Waals surface area contributed by atoms with Gasteiger partial charge in [-0.05, 0) is 87.1 Å². The first kappa shape index (κ1) is 41.6. The van der Waals surface area contributed by atoms with Crippen molar-refractivity contribution in [3.63, 3.8) is 0 Å². The predicted molar refractivity (Wildman–Crippen MR) is 232 cm³/mol. The van der Waals surface area contributed by atoms with E-state index in [2.05, 4.69) is 20.0 Å². The van der Waals surface area contributed by atoms with Crippen LogP contribution in [0.25, 0.3) is 11.1 Å². The summed E-state index contributed by atoms with van der Waals surface area (Å²) in [5, 5.41) is 11.9. The van der Waals surface area contributed by atoms with Crippen molar-refractivity contribution in [3.8, 4) is 16.9 Å². The lowest BCUT2D eigenvalue weighted by Crippen LogP contribution is -2.52. The van der Waals surface area contributed by atoms with Crippen LogP contribution in [0.4, 0.5) is 20.3 Å². The van der Waals surface area contributed by atoms with Crippen LogP contribution in [0.3, 0.4) is 0 Å². The van der Waals surface area contributed by atoms with Crippen molar-refractivity contribution in [1.82, 2.24) is 39.6 Å². The Morgan fingerprint density at radius 1 is 0.908 bits per heavy atom. The summed E-state index contributed by atoms with van der Waals surface area (Å²) in [7, 11) is 1.77. The number of imide groups is 1. The molecule has 1 unspecified atom stereocenters. The van der Waals surface area contributed by atoms with Gasteiger partial charge < -0.3 is 24.3 Å². The van der Waals surface area contributed by atoms with E-state index in [9.17, 15) is 32.8 Å². The molecule has 65 heavy (non-hydrogen) atoms. The first-order chi connectivity index (χ1) is 31.4. The van der Waals surface area contributed by atoms with Gasteiger partial charge in [-0.25, -0.2) is 8.78 Å². The Hall–Kier alpha value is -6.13. The standard InChI is InChI=1S/C48H53F2N9O6/c1-27(60)56-17-13-38-36(24-56)44(57-16-3-4-29-20-33(30-22-51-54(2)23-30)34(43(49)50)21-40(29)57)53-59(38)31-7-5-28(6-8-31)46(63)55-18-14-48(15-19-55)26-65-42-35-25-58(39-11-12-41(61)52-45(39)62)47(64)32(35)9-10-37(42)48/h9-10,20-23,28,31,39,43H,3-8,11-19,24-26H2,1-2H3,(H,52,61,62). The van der Waals surface area contributed by atoms with E-state index >= 15 is 0 Å². The highest BCUT2D eigenvalue weighted by molar-refractivity contribution is 6.06. The Morgan fingerprint density at radius 3 is 2.43 bits per heavy atom. The number of halogens is 2. The Morgan fingerprint density at radius 2 is 1.71 bits per heavy atom. The summed E-state index contributed by atoms with van der Waals surface area (Å²) < 4.78 is 39.7. The maximum atomic E-state index is 14.8. The zero-order chi connectivity index (χ0) is 44.9. The van der Waals surface area contributed by atoms with Gasteiger partial charge in [-0.3, -0.25) is 38.7 Å². The smallest absolute Gasteiger partial charge is 0.264 e. The summed E-state index contributed by atoms with van der Waals surface area (Å²) in [6, 6.07) is 6.73. The van der Waals surface area contributed by atoms with Crippen LogP contribution in [-0.4, -0.2) is 103 Å². The number of hydrogen-bond acceptors (Lipinski definition) is 9. The molecule has 2 aromatic carbocycles. The molecule has 1 saturated carbocycles. The highest BCUT2D eigenvalue weighted by atomic mass is 19.3. The zero-order valence-corrected chi connectivity index (χ0v) is 36.8. The number of ether oxygens (including phenoxy) is 1. The van der Waals surface area contributed by atoms with Crippen LogP contribution in [-0.2, 0) is 57.6 Å². The monoisotopic (exact) mass is 889 g/mol. The van der Waals surface area contributed by atoms with Gasteiger partial charge in [-0.15, -0.1) is 0 Å². The van der Waals surface area contributed by atoms with Crippen molar-refractivity contribution in [2.75, 3.05) is 37.7 Å². The maximum absolute atomic E-state index is 14.8. The molecule has 15 nitrogen and oxygen atoms in total. The number of fused-ring (bicyclic) bond motifs is 6. The molecule has 8 heterocycles. The number of aromatic nitrogens is 4. The van der Waals surface area contributed by atoms with Gasteiger partial charge in [0.2, 0.25) is 23.6 Å². The van der Waals surface area contributed by atoms with Gasteiger partial charge in [-0.2, -0.15) is 10.2 Å². The van der Waals surface area contributed by atoms with Crippen LogP contribution < -0.4 is 15.0 Å². The summed E-state index contributed by atoms with van der Waals surface area (Å²) in [6.07, 6.45) is 7.90. The predicted octanol–water partition coefficient (Wildman–Crippen LogP) is 5.66. The molecule has 340 valence electrons. The lowest BCUT2D eigenvalue weighted by molar-refractivity contribution is -0.139. The second kappa shape index (κ2) is 15.8. The minimum absolute atomic E-state index is 0.0137.